The predicted octanol–water partition coefficient (Wildman–Crippen LogP) is 3.40. The molecule has 0 aliphatic heterocycles. The number of nitrogens with zero attached hydrogens (tertiary/aromatic N) is 2. The summed E-state index contributed by atoms with van der Waals surface area (Å²) >= 11 is 6.30. The van der Waals surface area contributed by atoms with Crippen molar-refractivity contribution in [3.05, 3.63) is 58.4 Å². The smallest absolute Gasteiger partial charge is 0.0600 e. The molecule has 20 heavy (non-hydrogen) atoms. The first-order valence-corrected chi connectivity index (χ1v) is 7.04. The molecule has 2 aromatic rings. The Morgan fingerprint density at radius 1 is 1.25 bits per heavy atom. The Labute approximate surface area is 125 Å². The van der Waals surface area contributed by atoms with E-state index in [1.54, 1.807) is 0 Å². The van der Waals surface area contributed by atoms with Crippen LogP contribution in [0.2, 0.25) is 5.02 Å². The normalized spacial score (nSPS) is 10.6. The molecule has 0 unspecified atom stereocenters. The Morgan fingerprint density at radius 3 is 2.70 bits per heavy atom. The molecule has 0 fully saturated rings. The summed E-state index contributed by atoms with van der Waals surface area (Å²) in [4.78, 5) is 6.67. The highest BCUT2D eigenvalue weighted by Crippen LogP contribution is 2.24. The molecule has 2 rings (SSSR count). The lowest BCUT2D eigenvalue weighted by molar-refractivity contribution is 0.816. The molecule has 1 N–H and O–H groups in total. The van der Waals surface area contributed by atoms with E-state index >= 15 is 0 Å². The van der Waals surface area contributed by atoms with Crippen molar-refractivity contribution in [1.29, 1.82) is 0 Å². The van der Waals surface area contributed by atoms with E-state index in [0.29, 0.717) is 0 Å². The van der Waals surface area contributed by atoms with Gasteiger partial charge >= 0.3 is 0 Å². The van der Waals surface area contributed by atoms with Crippen LogP contribution in [-0.4, -0.2) is 19.1 Å². The summed E-state index contributed by atoms with van der Waals surface area (Å²) in [5.74, 6) is 0. The molecule has 0 amide bonds. The molecule has 0 radical (unpaired) electrons. The number of benzene rings is 1. The minimum atomic E-state index is 0.767. The average Bonchev–Trinajstić information content (AvgIpc) is 2.41. The molecule has 0 bridgehead atoms. The number of pyridine rings is 1. The van der Waals surface area contributed by atoms with Gasteiger partial charge in [0.2, 0.25) is 0 Å². The number of aryl methyl sites for hydroxylation is 1. The van der Waals surface area contributed by atoms with Crippen LogP contribution in [0.15, 0.2) is 36.4 Å². The molecule has 0 atom stereocenters. The van der Waals surface area contributed by atoms with Gasteiger partial charge < -0.3 is 10.2 Å². The molecule has 0 saturated carbocycles. The SMILES string of the molecule is CNCc1ccc(N(C)Cc2cccc(C)n2)cc1Cl. The maximum atomic E-state index is 6.30. The van der Waals surface area contributed by atoms with Crippen LogP contribution >= 0.6 is 11.6 Å². The fraction of sp³-hybridized carbons (Fsp3) is 0.312. The van der Waals surface area contributed by atoms with E-state index in [1.165, 1.54) is 0 Å². The van der Waals surface area contributed by atoms with E-state index in [-0.39, 0.29) is 0 Å². The van der Waals surface area contributed by atoms with Gasteiger partial charge in [0, 0.05) is 30.0 Å². The average molecular weight is 290 g/mol. The van der Waals surface area contributed by atoms with E-state index < -0.39 is 0 Å². The minimum absolute atomic E-state index is 0.767. The molecule has 0 aliphatic rings. The number of aromatic nitrogens is 1. The quantitative estimate of drug-likeness (QED) is 0.914. The van der Waals surface area contributed by atoms with Crippen LogP contribution in [0.3, 0.4) is 0 Å². The monoisotopic (exact) mass is 289 g/mol. The van der Waals surface area contributed by atoms with Crippen LogP contribution < -0.4 is 10.2 Å². The molecular weight excluding hydrogens is 270 g/mol. The zero-order valence-corrected chi connectivity index (χ0v) is 12.9. The van der Waals surface area contributed by atoms with Crippen molar-refractivity contribution in [3.63, 3.8) is 0 Å². The molecule has 1 aromatic carbocycles. The molecule has 106 valence electrons. The van der Waals surface area contributed by atoms with Gasteiger partial charge in [-0.3, -0.25) is 4.98 Å². The number of nitrogens with one attached hydrogen (secondary N) is 1. The van der Waals surface area contributed by atoms with E-state index in [0.717, 1.165) is 40.8 Å². The third kappa shape index (κ3) is 3.71. The van der Waals surface area contributed by atoms with E-state index in [9.17, 15) is 0 Å². The zero-order valence-electron chi connectivity index (χ0n) is 12.2. The predicted molar refractivity (Wildman–Crippen MR) is 85.3 cm³/mol. The summed E-state index contributed by atoms with van der Waals surface area (Å²) in [6, 6.07) is 12.2. The number of halogens is 1. The van der Waals surface area contributed by atoms with Crippen molar-refractivity contribution in [2.45, 2.75) is 20.0 Å². The van der Waals surface area contributed by atoms with Gasteiger partial charge in [-0.1, -0.05) is 23.7 Å². The molecular formula is C16H20ClN3. The van der Waals surface area contributed by atoms with Crippen molar-refractivity contribution in [1.82, 2.24) is 10.3 Å². The van der Waals surface area contributed by atoms with Crippen LogP contribution in [0.1, 0.15) is 17.0 Å². The standard InChI is InChI=1S/C16H20ClN3/c1-12-5-4-6-14(19-12)11-20(3)15-8-7-13(10-18-2)16(17)9-15/h4-9,18H,10-11H2,1-3H3. The third-order valence-corrected chi connectivity index (χ3v) is 3.54. The largest absolute Gasteiger partial charge is 0.369 e. The summed E-state index contributed by atoms with van der Waals surface area (Å²) < 4.78 is 0. The maximum Gasteiger partial charge on any atom is 0.0600 e. The van der Waals surface area contributed by atoms with E-state index in [4.69, 9.17) is 11.6 Å². The number of rotatable bonds is 5. The second-order valence-corrected chi connectivity index (χ2v) is 5.34. The highest BCUT2D eigenvalue weighted by Gasteiger charge is 2.06. The molecule has 1 aromatic heterocycles. The van der Waals surface area contributed by atoms with Crippen molar-refractivity contribution >= 4 is 17.3 Å². The van der Waals surface area contributed by atoms with Gasteiger partial charge in [0.05, 0.1) is 12.2 Å². The lowest BCUT2D eigenvalue weighted by Crippen LogP contribution is -2.17. The summed E-state index contributed by atoms with van der Waals surface area (Å²) in [7, 11) is 3.97. The van der Waals surface area contributed by atoms with Gasteiger partial charge in [0.1, 0.15) is 0 Å². The number of hydrogen-bond acceptors (Lipinski definition) is 3. The molecule has 0 saturated heterocycles. The Hall–Kier alpha value is -1.58. The molecule has 3 nitrogen and oxygen atoms in total. The second-order valence-electron chi connectivity index (χ2n) is 4.93. The van der Waals surface area contributed by atoms with E-state index in [2.05, 4.69) is 27.3 Å². The minimum Gasteiger partial charge on any atom is -0.369 e. The second kappa shape index (κ2) is 6.73. The van der Waals surface area contributed by atoms with Crippen molar-refractivity contribution in [2.75, 3.05) is 19.0 Å². The van der Waals surface area contributed by atoms with Crippen LogP contribution in [-0.2, 0) is 13.1 Å². The van der Waals surface area contributed by atoms with Crippen molar-refractivity contribution in [3.8, 4) is 0 Å². The highest BCUT2D eigenvalue weighted by atomic mass is 35.5. The topological polar surface area (TPSA) is 28.2 Å². The van der Waals surface area contributed by atoms with Crippen LogP contribution in [0, 0.1) is 6.92 Å². The fourth-order valence-electron chi connectivity index (χ4n) is 2.13. The van der Waals surface area contributed by atoms with Crippen LogP contribution in [0.5, 0.6) is 0 Å². The lowest BCUT2D eigenvalue weighted by Gasteiger charge is -2.20. The van der Waals surface area contributed by atoms with Gasteiger partial charge in [-0.25, -0.2) is 0 Å². The lowest BCUT2D eigenvalue weighted by atomic mass is 10.2. The Kier molecular flexibility index (Phi) is 4.99. The van der Waals surface area contributed by atoms with Gasteiger partial charge in [0.15, 0.2) is 0 Å². The van der Waals surface area contributed by atoms with Crippen molar-refractivity contribution < 1.29 is 0 Å². The van der Waals surface area contributed by atoms with Gasteiger partial charge in [-0.15, -0.1) is 0 Å². The summed E-state index contributed by atoms with van der Waals surface area (Å²) in [6.45, 7) is 3.55. The first kappa shape index (κ1) is 14.8. The maximum absolute atomic E-state index is 6.30. The Bertz CT molecular complexity index is 584. The summed E-state index contributed by atoms with van der Waals surface area (Å²) in [5, 5.41) is 3.90. The molecule has 4 heteroatoms. The Balaban J connectivity index is 2.13. The van der Waals surface area contributed by atoms with Crippen molar-refractivity contribution in [2.24, 2.45) is 0 Å². The zero-order chi connectivity index (χ0) is 14.5. The summed E-state index contributed by atoms with van der Waals surface area (Å²) in [5.41, 5.74) is 4.30. The van der Waals surface area contributed by atoms with Gasteiger partial charge in [-0.05, 0) is 43.8 Å². The van der Waals surface area contributed by atoms with Gasteiger partial charge in [-0.2, -0.15) is 0 Å². The Morgan fingerprint density at radius 2 is 2.05 bits per heavy atom. The first-order valence-electron chi connectivity index (χ1n) is 6.67. The molecule has 1 heterocycles. The molecule has 0 aliphatic carbocycles. The van der Waals surface area contributed by atoms with E-state index in [1.807, 2.05) is 45.3 Å². The first-order chi connectivity index (χ1) is 9.60. The number of hydrogen-bond donors (Lipinski definition) is 1. The highest BCUT2D eigenvalue weighted by molar-refractivity contribution is 6.31. The summed E-state index contributed by atoms with van der Waals surface area (Å²) in [6.07, 6.45) is 0. The van der Waals surface area contributed by atoms with Gasteiger partial charge in [0.25, 0.3) is 0 Å². The molecule has 0 spiro atoms. The van der Waals surface area contributed by atoms with Crippen LogP contribution in [0.25, 0.3) is 0 Å². The van der Waals surface area contributed by atoms with Crippen LogP contribution in [0.4, 0.5) is 5.69 Å². The number of anilines is 1. The fourth-order valence-corrected chi connectivity index (χ4v) is 2.37. The third-order valence-electron chi connectivity index (χ3n) is 3.19.